The molecule has 29 heavy (non-hydrogen) atoms. The van der Waals surface area contributed by atoms with Crippen LogP contribution in [0.15, 0.2) is 36.7 Å². The lowest BCUT2D eigenvalue weighted by molar-refractivity contribution is 0.0135. The predicted octanol–water partition coefficient (Wildman–Crippen LogP) is 2.61. The van der Waals surface area contributed by atoms with Crippen molar-refractivity contribution in [3.8, 4) is 17.3 Å². The quantitative estimate of drug-likeness (QED) is 0.509. The zero-order chi connectivity index (χ0) is 20.0. The van der Waals surface area contributed by atoms with Gasteiger partial charge in [-0.2, -0.15) is 10.4 Å². The minimum Gasteiger partial charge on any atom is -0.376 e. The molecule has 0 N–H and O–H groups in total. The van der Waals surface area contributed by atoms with Gasteiger partial charge < -0.3 is 9.64 Å². The molecule has 0 unspecified atom stereocenters. The third kappa shape index (κ3) is 3.12. The second kappa shape index (κ2) is 6.92. The number of morpholine rings is 1. The van der Waals surface area contributed by atoms with Crippen LogP contribution in [0.1, 0.15) is 9.67 Å². The molecule has 9 heteroatoms. The maximum atomic E-state index is 12.9. The van der Waals surface area contributed by atoms with E-state index in [2.05, 4.69) is 16.2 Å². The van der Waals surface area contributed by atoms with Crippen LogP contribution in [0.5, 0.6) is 0 Å². The maximum absolute atomic E-state index is 12.9. The summed E-state index contributed by atoms with van der Waals surface area (Å²) in [5.74, 6) is -0.150. The highest BCUT2D eigenvalue weighted by molar-refractivity contribution is 7.20. The molecule has 0 bridgehead atoms. The standard InChI is InChI=1S/C20H16N6O2S/c1-25-10-14-6-13(9-22-18(14)24-25)16-3-2-12-7-17(29-19(12)23-16)20(27)26-4-5-28-11-15(26)8-21/h2-3,6-7,9-10,15H,4-5,11H2,1H3/t15-/m0/s1. The fourth-order valence-corrected chi connectivity index (χ4v) is 4.44. The van der Waals surface area contributed by atoms with Gasteiger partial charge in [0, 0.05) is 42.3 Å². The summed E-state index contributed by atoms with van der Waals surface area (Å²) in [6, 6.07) is 9.32. The Morgan fingerprint density at radius 1 is 1.34 bits per heavy atom. The summed E-state index contributed by atoms with van der Waals surface area (Å²) in [6.07, 6.45) is 3.68. The van der Waals surface area contributed by atoms with Crippen molar-refractivity contribution in [3.05, 3.63) is 41.5 Å². The Morgan fingerprint density at radius 2 is 2.24 bits per heavy atom. The first-order chi connectivity index (χ1) is 14.1. The van der Waals surface area contributed by atoms with Crippen LogP contribution in [0.2, 0.25) is 0 Å². The fraction of sp³-hybridized carbons (Fsp3) is 0.250. The number of rotatable bonds is 2. The number of carbonyl (C=O) groups excluding carboxylic acids is 1. The summed E-state index contributed by atoms with van der Waals surface area (Å²) >= 11 is 1.34. The number of ether oxygens (including phenoxy) is 1. The minimum atomic E-state index is -0.553. The van der Waals surface area contributed by atoms with E-state index in [1.165, 1.54) is 11.3 Å². The molecule has 1 amide bonds. The van der Waals surface area contributed by atoms with E-state index in [4.69, 9.17) is 9.72 Å². The van der Waals surface area contributed by atoms with E-state index < -0.39 is 6.04 Å². The molecule has 8 nitrogen and oxygen atoms in total. The summed E-state index contributed by atoms with van der Waals surface area (Å²) in [5.41, 5.74) is 2.38. The Hall–Kier alpha value is -3.35. The van der Waals surface area contributed by atoms with Crippen LogP contribution < -0.4 is 0 Å². The zero-order valence-electron chi connectivity index (χ0n) is 15.6. The molecule has 5 rings (SSSR count). The number of hydrogen-bond acceptors (Lipinski definition) is 7. The van der Waals surface area contributed by atoms with E-state index in [1.807, 2.05) is 37.5 Å². The molecule has 0 radical (unpaired) electrons. The van der Waals surface area contributed by atoms with Gasteiger partial charge in [-0.3, -0.25) is 9.48 Å². The van der Waals surface area contributed by atoms with Crippen molar-refractivity contribution in [2.24, 2.45) is 7.05 Å². The van der Waals surface area contributed by atoms with E-state index in [0.717, 1.165) is 26.9 Å². The van der Waals surface area contributed by atoms with Crippen molar-refractivity contribution < 1.29 is 9.53 Å². The van der Waals surface area contributed by atoms with Gasteiger partial charge in [-0.25, -0.2) is 9.97 Å². The van der Waals surface area contributed by atoms with Gasteiger partial charge in [0.2, 0.25) is 0 Å². The van der Waals surface area contributed by atoms with Crippen LogP contribution >= 0.6 is 11.3 Å². The summed E-state index contributed by atoms with van der Waals surface area (Å²) in [7, 11) is 1.86. The summed E-state index contributed by atoms with van der Waals surface area (Å²) in [6.45, 7) is 1.11. The van der Waals surface area contributed by atoms with E-state index in [9.17, 15) is 10.1 Å². The van der Waals surface area contributed by atoms with Crippen LogP contribution in [-0.2, 0) is 11.8 Å². The number of pyridine rings is 2. The Morgan fingerprint density at radius 3 is 3.10 bits per heavy atom. The third-order valence-electron chi connectivity index (χ3n) is 4.90. The van der Waals surface area contributed by atoms with Crippen LogP contribution in [0.25, 0.3) is 32.5 Å². The van der Waals surface area contributed by atoms with Gasteiger partial charge in [0.15, 0.2) is 5.65 Å². The monoisotopic (exact) mass is 404 g/mol. The summed E-state index contributed by atoms with van der Waals surface area (Å²) in [4.78, 5) is 25.0. The molecule has 1 aliphatic heterocycles. The van der Waals surface area contributed by atoms with E-state index >= 15 is 0 Å². The van der Waals surface area contributed by atoms with Crippen molar-refractivity contribution in [3.63, 3.8) is 0 Å². The third-order valence-corrected chi connectivity index (χ3v) is 5.93. The van der Waals surface area contributed by atoms with Gasteiger partial charge in [-0.1, -0.05) is 0 Å². The smallest absolute Gasteiger partial charge is 0.265 e. The normalized spacial score (nSPS) is 17.0. The molecular formula is C20H16N6O2S. The van der Waals surface area contributed by atoms with Gasteiger partial charge in [0.25, 0.3) is 5.91 Å². The lowest BCUT2D eigenvalue weighted by Gasteiger charge is -2.30. The molecule has 1 atom stereocenters. The predicted molar refractivity (Wildman–Crippen MR) is 108 cm³/mol. The van der Waals surface area contributed by atoms with Crippen LogP contribution in [0.4, 0.5) is 0 Å². The highest BCUT2D eigenvalue weighted by atomic mass is 32.1. The maximum Gasteiger partial charge on any atom is 0.265 e. The van der Waals surface area contributed by atoms with E-state index in [0.29, 0.717) is 23.7 Å². The molecule has 4 aromatic rings. The second-order valence-corrected chi connectivity index (χ2v) is 7.89. The first-order valence-electron chi connectivity index (χ1n) is 9.11. The lowest BCUT2D eigenvalue weighted by Crippen LogP contribution is -2.47. The average molecular weight is 404 g/mol. The van der Waals surface area contributed by atoms with Crippen molar-refractivity contribution in [1.29, 1.82) is 5.26 Å². The number of carbonyl (C=O) groups is 1. The summed E-state index contributed by atoms with van der Waals surface area (Å²) < 4.78 is 7.04. The number of amides is 1. The molecule has 1 fully saturated rings. The number of nitriles is 1. The molecule has 1 saturated heterocycles. The topological polar surface area (TPSA) is 96.9 Å². The average Bonchev–Trinajstić information content (AvgIpc) is 3.34. The Balaban J connectivity index is 1.49. The minimum absolute atomic E-state index is 0.150. The Labute approximate surface area is 170 Å². The van der Waals surface area contributed by atoms with Crippen molar-refractivity contribution >= 4 is 38.5 Å². The molecule has 144 valence electrons. The van der Waals surface area contributed by atoms with Crippen molar-refractivity contribution in [2.75, 3.05) is 19.8 Å². The summed E-state index contributed by atoms with van der Waals surface area (Å²) in [5, 5.41) is 15.4. The number of hydrogen-bond donors (Lipinski definition) is 0. The largest absolute Gasteiger partial charge is 0.376 e. The second-order valence-electron chi connectivity index (χ2n) is 6.86. The van der Waals surface area contributed by atoms with Gasteiger partial charge in [0.1, 0.15) is 10.9 Å². The first kappa shape index (κ1) is 17.7. The molecule has 0 spiro atoms. The molecular weight excluding hydrogens is 388 g/mol. The molecule has 1 aliphatic rings. The number of fused-ring (bicyclic) bond motifs is 2. The van der Waals surface area contributed by atoms with Crippen molar-refractivity contribution in [2.45, 2.75) is 6.04 Å². The number of aryl methyl sites for hydroxylation is 1. The fourth-order valence-electron chi connectivity index (χ4n) is 3.45. The highest BCUT2D eigenvalue weighted by Gasteiger charge is 2.29. The number of thiophene rings is 1. The molecule has 5 heterocycles. The van der Waals surface area contributed by atoms with Crippen LogP contribution in [0, 0.1) is 11.3 Å². The SMILES string of the molecule is Cn1cc2cc(-c3ccc4cc(C(=O)N5CCOC[C@@H]5C#N)sc4n3)cnc2n1. The Bertz CT molecular complexity index is 1290. The molecule has 0 saturated carbocycles. The molecule has 0 aromatic carbocycles. The number of nitrogens with zero attached hydrogens (tertiary/aromatic N) is 6. The first-order valence-corrected chi connectivity index (χ1v) is 9.93. The van der Waals surface area contributed by atoms with E-state index in [1.54, 1.807) is 15.8 Å². The highest BCUT2D eigenvalue weighted by Crippen LogP contribution is 2.29. The van der Waals surface area contributed by atoms with Gasteiger partial charge in [-0.05, 0) is 24.3 Å². The Kier molecular flexibility index (Phi) is 4.23. The van der Waals surface area contributed by atoms with Crippen molar-refractivity contribution in [1.82, 2.24) is 24.6 Å². The molecule has 4 aromatic heterocycles. The van der Waals surface area contributed by atoms with Gasteiger partial charge in [0.05, 0.1) is 29.9 Å². The zero-order valence-corrected chi connectivity index (χ0v) is 16.4. The van der Waals surface area contributed by atoms with Gasteiger partial charge in [-0.15, -0.1) is 11.3 Å². The van der Waals surface area contributed by atoms with E-state index in [-0.39, 0.29) is 12.5 Å². The van der Waals surface area contributed by atoms with Crippen LogP contribution in [-0.4, -0.2) is 56.4 Å². The molecule has 0 aliphatic carbocycles. The lowest BCUT2D eigenvalue weighted by atomic mass is 10.1. The van der Waals surface area contributed by atoms with Gasteiger partial charge >= 0.3 is 0 Å². The van der Waals surface area contributed by atoms with Crippen LogP contribution in [0.3, 0.4) is 0 Å². The number of aromatic nitrogens is 4.